The molecule has 0 aromatic carbocycles. The molecular weight excluding hydrogens is 226 g/mol. The number of hydrogen-bond donors (Lipinski definition) is 1. The third-order valence-electron chi connectivity index (χ3n) is 1.99. The van der Waals surface area contributed by atoms with Crippen molar-refractivity contribution in [2.75, 3.05) is 33.0 Å². The number of aromatic nitrogens is 2. The molecule has 0 saturated heterocycles. The van der Waals surface area contributed by atoms with Crippen LogP contribution in [-0.4, -0.2) is 47.0 Å². The van der Waals surface area contributed by atoms with E-state index in [1.54, 1.807) is 0 Å². The Morgan fingerprint density at radius 2 is 2.24 bits per heavy atom. The average molecular weight is 241 g/mol. The second kappa shape index (κ2) is 5.94. The Hall–Kier alpha value is -1.96. The zero-order valence-corrected chi connectivity index (χ0v) is 9.79. The van der Waals surface area contributed by atoms with Gasteiger partial charge in [-0.05, 0) is 20.5 Å². The SMILES string of the molecule is CN(C)CCCOc1ncnc(N)c1[N+](=O)[O-]. The lowest BCUT2D eigenvalue weighted by atomic mass is 10.4. The topological polar surface area (TPSA) is 107 Å². The van der Waals surface area contributed by atoms with E-state index in [0.717, 1.165) is 19.3 Å². The van der Waals surface area contributed by atoms with E-state index < -0.39 is 4.92 Å². The van der Waals surface area contributed by atoms with Crippen LogP contribution < -0.4 is 10.5 Å². The molecular formula is C9H15N5O3. The molecule has 0 saturated carbocycles. The van der Waals surface area contributed by atoms with E-state index in [9.17, 15) is 10.1 Å². The van der Waals surface area contributed by atoms with Crippen LogP contribution in [0, 0.1) is 10.1 Å². The van der Waals surface area contributed by atoms with E-state index in [2.05, 4.69) is 9.97 Å². The predicted octanol–water partition coefficient (Wildman–Crippen LogP) is 0.297. The fourth-order valence-corrected chi connectivity index (χ4v) is 1.20. The molecule has 0 aliphatic heterocycles. The standard InChI is InChI=1S/C9H15N5O3/c1-13(2)4-3-5-17-9-7(14(15)16)8(10)11-6-12-9/h6H,3-5H2,1-2H3,(H2,10,11,12). The number of hydrogen-bond acceptors (Lipinski definition) is 7. The van der Waals surface area contributed by atoms with Gasteiger partial charge in [0.2, 0.25) is 5.82 Å². The maximum absolute atomic E-state index is 10.7. The number of nitrogen functional groups attached to an aromatic ring is 1. The van der Waals surface area contributed by atoms with Gasteiger partial charge in [-0.3, -0.25) is 10.1 Å². The van der Waals surface area contributed by atoms with Crippen LogP contribution in [0.3, 0.4) is 0 Å². The molecule has 1 aromatic heterocycles. The smallest absolute Gasteiger partial charge is 0.372 e. The van der Waals surface area contributed by atoms with Crippen LogP contribution in [0.15, 0.2) is 6.33 Å². The van der Waals surface area contributed by atoms with Crippen LogP contribution in [0.25, 0.3) is 0 Å². The van der Waals surface area contributed by atoms with Gasteiger partial charge in [-0.2, -0.15) is 4.98 Å². The maximum atomic E-state index is 10.7. The summed E-state index contributed by atoms with van der Waals surface area (Å²) in [5.74, 6) is -0.270. The first-order chi connectivity index (χ1) is 8.02. The van der Waals surface area contributed by atoms with Crippen LogP contribution in [0.5, 0.6) is 5.88 Å². The van der Waals surface area contributed by atoms with Crippen LogP contribution in [0.4, 0.5) is 11.5 Å². The molecule has 0 amide bonds. The van der Waals surface area contributed by atoms with Crippen molar-refractivity contribution < 1.29 is 9.66 Å². The van der Waals surface area contributed by atoms with Gasteiger partial charge < -0.3 is 15.4 Å². The first-order valence-electron chi connectivity index (χ1n) is 5.04. The molecule has 1 aromatic rings. The molecule has 0 fully saturated rings. The molecule has 0 aliphatic carbocycles. The van der Waals surface area contributed by atoms with Crippen molar-refractivity contribution in [2.45, 2.75) is 6.42 Å². The van der Waals surface area contributed by atoms with Gasteiger partial charge >= 0.3 is 5.69 Å². The zero-order chi connectivity index (χ0) is 12.8. The third kappa shape index (κ3) is 3.83. The minimum absolute atomic E-state index is 0.0822. The average Bonchev–Trinajstić information content (AvgIpc) is 2.23. The van der Waals surface area contributed by atoms with Gasteiger partial charge in [0.25, 0.3) is 5.88 Å². The van der Waals surface area contributed by atoms with Gasteiger partial charge in [-0.25, -0.2) is 4.98 Å². The highest BCUT2D eigenvalue weighted by molar-refractivity contribution is 5.57. The Morgan fingerprint density at radius 1 is 1.53 bits per heavy atom. The molecule has 0 bridgehead atoms. The first kappa shape index (κ1) is 13.1. The molecule has 0 aliphatic rings. The van der Waals surface area contributed by atoms with Crippen LogP contribution in [0.2, 0.25) is 0 Å². The highest BCUT2D eigenvalue weighted by Gasteiger charge is 2.22. The summed E-state index contributed by atoms with van der Waals surface area (Å²) in [4.78, 5) is 19.4. The molecule has 2 N–H and O–H groups in total. The maximum Gasteiger partial charge on any atom is 0.372 e. The molecule has 1 rings (SSSR count). The number of nitro groups is 1. The van der Waals surface area contributed by atoms with Crippen molar-refractivity contribution >= 4 is 11.5 Å². The number of anilines is 1. The molecule has 0 unspecified atom stereocenters. The Kier molecular flexibility index (Phi) is 4.58. The van der Waals surface area contributed by atoms with E-state index in [1.807, 2.05) is 19.0 Å². The molecule has 0 atom stereocenters. The molecule has 17 heavy (non-hydrogen) atoms. The van der Waals surface area contributed by atoms with Gasteiger partial charge in [0, 0.05) is 6.54 Å². The summed E-state index contributed by atoms with van der Waals surface area (Å²) in [5, 5.41) is 10.7. The number of nitrogens with two attached hydrogens (primary N) is 1. The normalized spacial score (nSPS) is 10.5. The van der Waals surface area contributed by atoms with E-state index in [-0.39, 0.29) is 17.4 Å². The molecule has 8 heteroatoms. The monoisotopic (exact) mass is 241 g/mol. The fourth-order valence-electron chi connectivity index (χ4n) is 1.20. The van der Waals surface area contributed by atoms with Gasteiger partial charge in [0.05, 0.1) is 11.5 Å². The summed E-state index contributed by atoms with van der Waals surface area (Å²) in [6.45, 7) is 1.17. The van der Waals surface area contributed by atoms with Gasteiger partial charge in [0.1, 0.15) is 6.33 Å². The summed E-state index contributed by atoms with van der Waals surface area (Å²) >= 11 is 0. The van der Waals surface area contributed by atoms with Crippen molar-refractivity contribution in [3.8, 4) is 5.88 Å². The second-order valence-corrected chi connectivity index (χ2v) is 3.68. The molecule has 0 spiro atoms. The third-order valence-corrected chi connectivity index (χ3v) is 1.99. The highest BCUT2D eigenvalue weighted by atomic mass is 16.6. The number of rotatable bonds is 6. The summed E-state index contributed by atoms with van der Waals surface area (Å²) in [6, 6.07) is 0. The number of ether oxygens (including phenoxy) is 1. The lowest BCUT2D eigenvalue weighted by Gasteiger charge is -2.09. The zero-order valence-electron chi connectivity index (χ0n) is 9.79. The fraction of sp³-hybridized carbons (Fsp3) is 0.556. The summed E-state index contributed by atoms with van der Waals surface area (Å²) in [7, 11) is 3.87. The molecule has 0 radical (unpaired) electrons. The Labute approximate surface area is 98.6 Å². The number of nitrogens with zero attached hydrogens (tertiary/aromatic N) is 4. The largest absolute Gasteiger partial charge is 0.473 e. The lowest BCUT2D eigenvalue weighted by Crippen LogP contribution is -2.16. The van der Waals surface area contributed by atoms with Crippen molar-refractivity contribution in [1.82, 2.24) is 14.9 Å². The quantitative estimate of drug-likeness (QED) is 0.433. The van der Waals surface area contributed by atoms with Crippen LogP contribution in [0.1, 0.15) is 6.42 Å². The predicted molar refractivity (Wildman–Crippen MR) is 61.8 cm³/mol. The van der Waals surface area contributed by atoms with Crippen molar-refractivity contribution in [3.63, 3.8) is 0 Å². The van der Waals surface area contributed by atoms with Gasteiger partial charge in [0.15, 0.2) is 0 Å². The van der Waals surface area contributed by atoms with Crippen molar-refractivity contribution in [2.24, 2.45) is 0 Å². The summed E-state index contributed by atoms with van der Waals surface area (Å²) < 4.78 is 5.23. The van der Waals surface area contributed by atoms with Crippen molar-refractivity contribution in [3.05, 3.63) is 16.4 Å². The van der Waals surface area contributed by atoms with E-state index in [4.69, 9.17) is 10.5 Å². The lowest BCUT2D eigenvalue weighted by molar-refractivity contribution is -0.385. The Bertz CT molecular complexity index is 396. The Balaban J connectivity index is 2.64. The Morgan fingerprint density at radius 3 is 2.82 bits per heavy atom. The summed E-state index contributed by atoms with van der Waals surface area (Å²) in [5.41, 5.74) is 5.02. The first-order valence-corrected chi connectivity index (χ1v) is 5.04. The van der Waals surface area contributed by atoms with Crippen molar-refractivity contribution in [1.29, 1.82) is 0 Å². The van der Waals surface area contributed by atoms with Crippen LogP contribution >= 0.6 is 0 Å². The van der Waals surface area contributed by atoms with E-state index in [0.29, 0.717) is 6.61 Å². The molecule has 8 nitrogen and oxygen atoms in total. The second-order valence-electron chi connectivity index (χ2n) is 3.68. The van der Waals surface area contributed by atoms with Gasteiger partial charge in [-0.15, -0.1) is 0 Å². The molecule has 1 heterocycles. The van der Waals surface area contributed by atoms with Crippen LogP contribution in [-0.2, 0) is 0 Å². The van der Waals surface area contributed by atoms with E-state index in [1.165, 1.54) is 0 Å². The summed E-state index contributed by atoms with van der Waals surface area (Å²) in [6.07, 6.45) is 1.89. The van der Waals surface area contributed by atoms with Gasteiger partial charge in [-0.1, -0.05) is 0 Å². The highest BCUT2D eigenvalue weighted by Crippen LogP contribution is 2.28. The van der Waals surface area contributed by atoms with E-state index >= 15 is 0 Å². The minimum atomic E-state index is -0.642. The molecule has 94 valence electrons. The minimum Gasteiger partial charge on any atom is -0.473 e.